The Kier molecular flexibility index (Phi) is 4.10. The molecule has 0 bridgehead atoms. The second-order valence-corrected chi connectivity index (χ2v) is 4.61. The summed E-state index contributed by atoms with van der Waals surface area (Å²) in [7, 11) is 1.79. The van der Waals surface area contributed by atoms with E-state index in [1.165, 1.54) is 0 Å². The van der Waals surface area contributed by atoms with Gasteiger partial charge in [-0.3, -0.25) is 4.68 Å². The molecule has 1 atom stereocenters. The number of aldehydes is 1. The molecule has 0 saturated heterocycles. The Morgan fingerprint density at radius 2 is 2.25 bits per heavy atom. The Bertz CT molecular complexity index is 386. The SMILES string of the molecule is CCc1nn(C)c(CC(C)(O)CC=O)c1Cl. The lowest BCUT2D eigenvalue weighted by Gasteiger charge is -2.20. The maximum Gasteiger partial charge on any atom is 0.122 e. The van der Waals surface area contributed by atoms with E-state index in [2.05, 4.69) is 5.10 Å². The van der Waals surface area contributed by atoms with Gasteiger partial charge in [0.25, 0.3) is 0 Å². The smallest absolute Gasteiger partial charge is 0.122 e. The molecule has 90 valence electrons. The highest BCUT2D eigenvalue weighted by Crippen LogP contribution is 2.25. The van der Waals surface area contributed by atoms with E-state index in [0.717, 1.165) is 17.8 Å². The normalized spacial score (nSPS) is 14.8. The molecule has 5 heteroatoms. The third-order valence-corrected chi connectivity index (χ3v) is 3.01. The summed E-state index contributed by atoms with van der Waals surface area (Å²) in [5, 5.41) is 14.8. The van der Waals surface area contributed by atoms with E-state index < -0.39 is 5.60 Å². The van der Waals surface area contributed by atoms with Crippen molar-refractivity contribution in [2.24, 2.45) is 7.05 Å². The molecule has 0 radical (unpaired) electrons. The van der Waals surface area contributed by atoms with Gasteiger partial charge in [0.2, 0.25) is 0 Å². The van der Waals surface area contributed by atoms with Crippen molar-refractivity contribution in [1.82, 2.24) is 9.78 Å². The van der Waals surface area contributed by atoms with E-state index in [9.17, 15) is 9.90 Å². The van der Waals surface area contributed by atoms with E-state index in [0.29, 0.717) is 17.7 Å². The molecule has 1 N–H and O–H groups in total. The predicted molar refractivity (Wildman–Crippen MR) is 62.6 cm³/mol. The number of halogens is 1. The molecule has 0 spiro atoms. The van der Waals surface area contributed by atoms with Gasteiger partial charge in [-0.2, -0.15) is 5.10 Å². The summed E-state index contributed by atoms with van der Waals surface area (Å²) in [5.41, 5.74) is 0.524. The lowest BCUT2D eigenvalue weighted by atomic mass is 9.96. The molecular weight excluding hydrogens is 228 g/mol. The van der Waals surface area contributed by atoms with Gasteiger partial charge in [-0.15, -0.1) is 0 Å². The van der Waals surface area contributed by atoms with Gasteiger partial charge in [-0.25, -0.2) is 0 Å². The number of nitrogens with zero attached hydrogens (tertiary/aromatic N) is 2. The lowest BCUT2D eigenvalue weighted by Crippen LogP contribution is -2.28. The van der Waals surface area contributed by atoms with Gasteiger partial charge in [0.15, 0.2) is 0 Å². The first-order valence-electron chi connectivity index (χ1n) is 5.27. The molecule has 1 heterocycles. The molecule has 0 aromatic carbocycles. The van der Waals surface area contributed by atoms with Gasteiger partial charge in [-0.05, 0) is 13.3 Å². The first-order valence-corrected chi connectivity index (χ1v) is 5.65. The minimum Gasteiger partial charge on any atom is -0.389 e. The molecule has 0 fully saturated rings. The van der Waals surface area contributed by atoms with Gasteiger partial charge in [0.05, 0.1) is 22.0 Å². The van der Waals surface area contributed by atoms with Crippen LogP contribution in [0.1, 0.15) is 31.7 Å². The number of aromatic nitrogens is 2. The third kappa shape index (κ3) is 2.83. The standard InChI is InChI=1S/C11H17ClN2O2/c1-4-8-10(12)9(14(3)13-8)7-11(2,16)5-6-15/h6,16H,4-5,7H2,1-3H3. The quantitative estimate of drug-likeness (QED) is 0.799. The summed E-state index contributed by atoms with van der Waals surface area (Å²) >= 11 is 6.15. The van der Waals surface area contributed by atoms with Crippen molar-refractivity contribution in [2.75, 3.05) is 0 Å². The first kappa shape index (κ1) is 13.2. The van der Waals surface area contributed by atoms with E-state index in [1.54, 1.807) is 18.7 Å². The average Bonchev–Trinajstić information content (AvgIpc) is 2.45. The molecule has 16 heavy (non-hydrogen) atoms. The van der Waals surface area contributed by atoms with Crippen LogP contribution < -0.4 is 0 Å². The van der Waals surface area contributed by atoms with Gasteiger partial charge in [0, 0.05) is 19.9 Å². The van der Waals surface area contributed by atoms with Crippen molar-refractivity contribution in [3.05, 3.63) is 16.4 Å². The van der Waals surface area contributed by atoms with Gasteiger partial charge in [0.1, 0.15) is 6.29 Å². The summed E-state index contributed by atoms with van der Waals surface area (Å²) in [6, 6.07) is 0. The largest absolute Gasteiger partial charge is 0.389 e. The highest BCUT2D eigenvalue weighted by molar-refractivity contribution is 6.31. The van der Waals surface area contributed by atoms with Crippen molar-refractivity contribution >= 4 is 17.9 Å². The molecular formula is C11H17ClN2O2. The van der Waals surface area contributed by atoms with Crippen molar-refractivity contribution in [3.63, 3.8) is 0 Å². The Morgan fingerprint density at radius 3 is 2.69 bits per heavy atom. The number of aliphatic hydroxyl groups is 1. The Labute approximate surface area is 100 Å². The monoisotopic (exact) mass is 244 g/mol. The molecule has 0 saturated carbocycles. The van der Waals surface area contributed by atoms with Crippen LogP contribution in [0.25, 0.3) is 0 Å². The van der Waals surface area contributed by atoms with E-state index in [4.69, 9.17) is 11.6 Å². The van der Waals surface area contributed by atoms with Crippen LogP contribution in [0.5, 0.6) is 0 Å². The van der Waals surface area contributed by atoms with Crippen LogP contribution in [0.3, 0.4) is 0 Å². The van der Waals surface area contributed by atoms with Crippen molar-refractivity contribution in [1.29, 1.82) is 0 Å². The number of hydrogen-bond donors (Lipinski definition) is 1. The molecule has 1 aromatic rings. The van der Waals surface area contributed by atoms with E-state index >= 15 is 0 Å². The summed E-state index contributed by atoms with van der Waals surface area (Å²) in [6.45, 7) is 3.60. The maximum atomic E-state index is 10.4. The molecule has 1 unspecified atom stereocenters. The number of carbonyl (C=O) groups is 1. The highest BCUT2D eigenvalue weighted by Gasteiger charge is 2.25. The zero-order chi connectivity index (χ0) is 12.3. The second-order valence-electron chi connectivity index (χ2n) is 4.23. The molecule has 1 aromatic heterocycles. The van der Waals surface area contributed by atoms with Crippen molar-refractivity contribution < 1.29 is 9.90 Å². The fourth-order valence-electron chi connectivity index (χ4n) is 1.62. The van der Waals surface area contributed by atoms with Gasteiger partial charge < -0.3 is 9.90 Å². The minimum atomic E-state index is -1.07. The molecule has 4 nitrogen and oxygen atoms in total. The number of rotatable bonds is 5. The van der Waals surface area contributed by atoms with Crippen LogP contribution in [0.2, 0.25) is 5.02 Å². The van der Waals surface area contributed by atoms with Crippen molar-refractivity contribution in [3.8, 4) is 0 Å². The fourth-order valence-corrected chi connectivity index (χ4v) is 1.98. The van der Waals surface area contributed by atoms with Crippen LogP contribution >= 0.6 is 11.6 Å². The number of hydrogen-bond acceptors (Lipinski definition) is 3. The van der Waals surface area contributed by atoms with Crippen LogP contribution in [0.4, 0.5) is 0 Å². The number of aryl methyl sites for hydroxylation is 2. The average molecular weight is 245 g/mol. The Balaban J connectivity index is 2.96. The molecule has 1 rings (SSSR count). The lowest BCUT2D eigenvalue weighted by molar-refractivity contribution is -0.111. The predicted octanol–water partition coefficient (Wildman–Crippen LogP) is 1.52. The molecule has 0 amide bonds. The van der Waals surface area contributed by atoms with Crippen LogP contribution in [0.15, 0.2) is 0 Å². The Morgan fingerprint density at radius 1 is 1.62 bits per heavy atom. The summed E-state index contributed by atoms with van der Waals surface area (Å²) in [4.78, 5) is 10.4. The number of carbonyl (C=O) groups excluding carboxylic acids is 1. The first-order chi connectivity index (χ1) is 7.41. The maximum absolute atomic E-state index is 10.4. The summed E-state index contributed by atoms with van der Waals surface area (Å²) in [6.07, 6.45) is 1.89. The van der Waals surface area contributed by atoms with Gasteiger partial charge in [-0.1, -0.05) is 18.5 Å². The third-order valence-electron chi connectivity index (χ3n) is 2.57. The summed E-state index contributed by atoms with van der Waals surface area (Å²) in [5.74, 6) is 0. The van der Waals surface area contributed by atoms with Crippen molar-refractivity contribution in [2.45, 2.75) is 38.7 Å². The molecule has 0 aliphatic carbocycles. The second kappa shape index (κ2) is 4.97. The van der Waals surface area contributed by atoms with Gasteiger partial charge >= 0.3 is 0 Å². The Hall–Kier alpha value is -0.870. The van der Waals surface area contributed by atoms with Crippen LogP contribution in [0, 0.1) is 0 Å². The highest BCUT2D eigenvalue weighted by atomic mass is 35.5. The van der Waals surface area contributed by atoms with Crippen LogP contribution in [-0.4, -0.2) is 26.8 Å². The minimum absolute atomic E-state index is 0.0932. The zero-order valence-electron chi connectivity index (χ0n) is 9.83. The fraction of sp³-hybridized carbons (Fsp3) is 0.636. The molecule has 0 aliphatic rings. The van der Waals surface area contributed by atoms with E-state index in [1.807, 2.05) is 6.92 Å². The molecule has 0 aliphatic heterocycles. The zero-order valence-corrected chi connectivity index (χ0v) is 10.6. The topological polar surface area (TPSA) is 55.1 Å². The van der Waals surface area contributed by atoms with E-state index in [-0.39, 0.29) is 6.42 Å². The van der Waals surface area contributed by atoms with Crippen LogP contribution in [-0.2, 0) is 24.7 Å². The summed E-state index contributed by atoms with van der Waals surface area (Å²) < 4.78 is 1.67.